The lowest BCUT2D eigenvalue weighted by Crippen LogP contribution is -2.55. The number of amides is 1. The smallest absolute Gasteiger partial charge is 0.438 e. The van der Waals surface area contributed by atoms with E-state index >= 15 is 0 Å². The number of ether oxygens (including phenoxy) is 1. The Labute approximate surface area is 229 Å². The minimum atomic E-state index is -0.991. The minimum Gasteiger partial charge on any atom is -0.438 e. The Hall–Kier alpha value is -1.62. The summed E-state index contributed by atoms with van der Waals surface area (Å²) in [6, 6.07) is 17.8. The first-order valence-electron chi connectivity index (χ1n) is 12.5. The number of cyclic esters (lactones) is 1. The third kappa shape index (κ3) is 5.19. The molecular formula is C28H37BINO5. The molecule has 2 aliphatic rings. The molecule has 0 spiro atoms. The summed E-state index contributed by atoms with van der Waals surface area (Å²) >= 11 is 2.32. The zero-order valence-corrected chi connectivity index (χ0v) is 24.5. The molecule has 4 rings (SSSR count). The molecule has 36 heavy (non-hydrogen) atoms. The second-order valence-corrected chi connectivity index (χ2v) is 13.9. The molecule has 2 atom stereocenters. The molecule has 2 aromatic rings. The summed E-state index contributed by atoms with van der Waals surface area (Å²) in [5.41, 5.74) is 0.159. The van der Waals surface area contributed by atoms with Gasteiger partial charge in [0.1, 0.15) is 9.15 Å². The van der Waals surface area contributed by atoms with Crippen LogP contribution in [-0.2, 0) is 23.2 Å². The fraction of sp³-hybridized carbons (Fsp3) is 0.536. The van der Waals surface area contributed by atoms with E-state index in [4.69, 9.17) is 14.0 Å². The van der Waals surface area contributed by atoms with Crippen LogP contribution in [0.3, 0.4) is 0 Å². The zero-order valence-electron chi connectivity index (χ0n) is 22.3. The predicted octanol–water partition coefficient (Wildman–Crippen LogP) is 5.49. The number of carbonyl (C=O) groups is 1. The Bertz CT molecular complexity index is 1080. The molecule has 8 heteroatoms. The van der Waals surface area contributed by atoms with Gasteiger partial charge in [0.15, 0.2) is 0 Å². The maximum Gasteiger partial charge on any atom is 0.494 e. The average molecular weight is 605 g/mol. The summed E-state index contributed by atoms with van der Waals surface area (Å²) in [7, 11) is -0.433. The zero-order chi connectivity index (χ0) is 26.6. The molecule has 0 aliphatic carbocycles. The van der Waals surface area contributed by atoms with E-state index in [2.05, 4.69) is 22.6 Å². The van der Waals surface area contributed by atoms with Crippen LogP contribution in [0.4, 0.5) is 4.79 Å². The highest BCUT2D eigenvalue weighted by Gasteiger charge is 2.52. The van der Waals surface area contributed by atoms with E-state index in [-0.39, 0.29) is 6.09 Å². The summed E-state index contributed by atoms with van der Waals surface area (Å²) in [4.78, 5) is 15.3. The molecule has 2 fully saturated rings. The van der Waals surface area contributed by atoms with Crippen molar-refractivity contribution in [1.29, 1.82) is 0 Å². The highest BCUT2D eigenvalue weighted by molar-refractivity contribution is 14.1. The van der Waals surface area contributed by atoms with Gasteiger partial charge >= 0.3 is 13.2 Å². The van der Waals surface area contributed by atoms with Crippen LogP contribution < -0.4 is 5.46 Å². The summed E-state index contributed by atoms with van der Waals surface area (Å²) in [5, 5.41) is 10.6. The van der Waals surface area contributed by atoms with Crippen LogP contribution in [0.15, 0.2) is 54.6 Å². The van der Waals surface area contributed by atoms with Crippen LogP contribution in [0.1, 0.15) is 72.4 Å². The molecule has 1 N–H and O–H groups in total. The highest BCUT2D eigenvalue weighted by Crippen LogP contribution is 2.45. The fourth-order valence-electron chi connectivity index (χ4n) is 4.99. The lowest BCUT2D eigenvalue weighted by Gasteiger charge is -2.47. The van der Waals surface area contributed by atoms with Crippen molar-refractivity contribution < 1.29 is 23.9 Å². The predicted molar refractivity (Wildman–Crippen MR) is 150 cm³/mol. The molecule has 2 aromatic carbocycles. The number of aliphatic hydroxyl groups is 1. The number of benzene rings is 2. The quantitative estimate of drug-likeness (QED) is 0.204. The second kappa shape index (κ2) is 9.29. The Kier molecular flexibility index (Phi) is 7.08. The van der Waals surface area contributed by atoms with Crippen molar-refractivity contribution in [2.45, 2.75) is 87.3 Å². The summed E-state index contributed by atoms with van der Waals surface area (Å²) < 4.78 is 17.9. The number of carbonyl (C=O) groups excluding carboxylic acids is 1. The van der Waals surface area contributed by atoms with Crippen LogP contribution in [0.25, 0.3) is 0 Å². The summed E-state index contributed by atoms with van der Waals surface area (Å²) in [6.45, 7) is 14.2. The number of hydrogen-bond donors (Lipinski definition) is 1. The first kappa shape index (κ1) is 27.4. The molecule has 194 valence electrons. The van der Waals surface area contributed by atoms with Crippen LogP contribution in [0.5, 0.6) is 0 Å². The maximum absolute atomic E-state index is 13.5. The Balaban J connectivity index is 1.54. The van der Waals surface area contributed by atoms with E-state index in [1.807, 2.05) is 89.2 Å². The van der Waals surface area contributed by atoms with E-state index < -0.39 is 33.1 Å². The molecule has 0 radical (unpaired) electrons. The lowest BCUT2D eigenvalue weighted by atomic mass is 9.78. The largest absolute Gasteiger partial charge is 0.494 e. The normalized spacial score (nSPS) is 25.4. The third-order valence-corrected chi connectivity index (χ3v) is 8.94. The summed E-state index contributed by atoms with van der Waals surface area (Å²) in [5.74, 6) is 0. The molecule has 2 heterocycles. The number of alkyl halides is 1. The third-order valence-electron chi connectivity index (χ3n) is 7.73. The van der Waals surface area contributed by atoms with Gasteiger partial charge < -0.3 is 19.2 Å². The van der Waals surface area contributed by atoms with Crippen LogP contribution in [0.2, 0.25) is 0 Å². The molecule has 2 aliphatic heterocycles. The van der Waals surface area contributed by atoms with Gasteiger partial charge in [-0.05, 0) is 87.6 Å². The van der Waals surface area contributed by atoms with E-state index in [1.165, 1.54) is 0 Å². The van der Waals surface area contributed by atoms with E-state index in [0.29, 0.717) is 19.4 Å². The molecule has 0 saturated carbocycles. The van der Waals surface area contributed by atoms with Crippen molar-refractivity contribution in [3.05, 3.63) is 65.7 Å². The first-order valence-corrected chi connectivity index (χ1v) is 13.6. The molecule has 0 bridgehead atoms. The van der Waals surface area contributed by atoms with Gasteiger partial charge in [-0.25, -0.2) is 4.79 Å². The molecular weight excluding hydrogens is 568 g/mol. The van der Waals surface area contributed by atoms with Crippen LogP contribution in [-0.4, -0.2) is 46.6 Å². The van der Waals surface area contributed by atoms with Gasteiger partial charge in [-0.15, -0.1) is 0 Å². The van der Waals surface area contributed by atoms with Crippen molar-refractivity contribution in [3.8, 4) is 0 Å². The second-order valence-electron chi connectivity index (χ2n) is 11.8. The highest BCUT2D eigenvalue weighted by atomic mass is 127. The van der Waals surface area contributed by atoms with Crippen molar-refractivity contribution in [3.63, 3.8) is 0 Å². The number of halogens is 1. The molecule has 1 amide bonds. The van der Waals surface area contributed by atoms with Crippen molar-refractivity contribution in [2.24, 2.45) is 0 Å². The SMILES string of the molecule is CC(C)(O)CC1(c2ccccc2)CCN([C@@](C)(I)c2ccc(B3OC(C)(C)C(C)(C)O3)cc2)C(=O)O1. The van der Waals surface area contributed by atoms with Crippen molar-refractivity contribution in [2.75, 3.05) is 6.54 Å². The Morgan fingerprint density at radius 3 is 2.03 bits per heavy atom. The van der Waals surface area contributed by atoms with Crippen LogP contribution in [0, 0.1) is 0 Å². The van der Waals surface area contributed by atoms with E-state index in [9.17, 15) is 9.90 Å². The number of hydrogen-bond acceptors (Lipinski definition) is 5. The molecule has 2 saturated heterocycles. The van der Waals surface area contributed by atoms with E-state index in [1.54, 1.807) is 18.7 Å². The standard InChI is InChI=1S/C28H37BINO5/c1-24(2,33)19-28(21-11-9-8-10-12-21)17-18-31(23(32)34-28)27(7,30)20-13-15-22(16-14-20)29-35-25(3,4)26(5,6)36-29/h8-16,33H,17-19H2,1-7H3/t27-,28?/m1/s1. The van der Waals surface area contributed by atoms with E-state index in [0.717, 1.165) is 16.6 Å². The molecule has 1 unspecified atom stereocenters. The van der Waals surface area contributed by atoms with Gasteiger partial charge in [0.05, 0.1) is 16.8 Å². The number of nitrogens with zero attached hydrogens (tertiary/aromatic N) is 1. The molecule has 0 aromatic heterocycles. The number of rotatable bonds is 6. The first-order chi connectivity index (χ1) is 16.6. The minimum absolute atomic E-state index is 0.324. The lowest BCUT2D eigenvalue weighted by molar-refractivity contribution is -0.102. The van der Waals surface area contributed by atoms with Crippen LogP contribution >= 0.6 is 22.6 Å². The van der Waals surface area contributed by atoms with Gasteiger partial charge in [-0.2, -0.15) is 0 Å². The average Bonchev–Trinajstić information content (AvgIpc) is 3.00. The Morgan fingerprint density at radius 1 is 0.972 bits per heavy atom. The maximum atomic E-state index is 13.5. The van der Waals surface area contributed by atoms with Gasteiger partial charge in [0.2, 0.25) is 0 Å². The summed E-state index contributed by atoms with van der Waals surface area (Å²) in [6.07, 6.45) is 0.517. The van der Waals surface area contributed by atoms with Gasteiger partial charge in [-0.3, -0.25) is 4.90 Å². The topological polar surface area (TPSA) is 68.2 Å². The van der Waals surface area contributed by atoms with Gasteiger partial charge in [0.25, 0.3) is 0 Å². The fourth-order valence-corrected chi connectivity index (χ4v) is 5.79. The van der Waals surface area contributed by atoms with Crippen molar-refractivity contribution in [1.82, 2.24) is 4.90 Å². The van der Waals surface area contributed by atoms with Gasteiger partial charge in [0, 0.05) is 19.4 Å². The Morgan fingerprint density at radius 2 is 1.53 bits per heavy atom. The monoisotopic (exact) mass is 605 g/mol. The van der Waals surface area contributed by atoms with Gasteiger partial charge in [-0.1, -0.05) is 54.6 Å². The van der Waals surface area contributed by atoms with Crippen molar-refractivity contribution >= 4 is 41.3 Å². The molecule has 6 nitrogen and oxygen atoms in total.